The topological polar surface area (TPSA) is 191 Å². The number of anilines is 1. The lowest BCUT2D eigenvalue weighted by Gasteiger charge is -2.39. The number of cyclic esters (lactones) is 1. The van der Waals surface area contributed by atoms with Crippen LogP contribution < -0.4 is 21.3 Å². The predicted octanol–water partition coefficient (Wildman–Crippen LogP) is 2.34. The molecule has 0 radical (unpaired) electrons. The van der Waals surface area contributed by atoms with E-state index in [1.807, 2.05) is 30.8 Å². The van der Waals surface area contributed by atoms with Crippen LogP contribution in [0.5, 0.6) is 0 Å². The number of carbonyl (C=O) groups excluding carboxylic acids is 7. The smallest absolute Gasteiger partial charge is 0.328 e. The van der Waals surface area contributed by atoms with Crippen LogP contribution in [0, 0.1) is 17.6 Å². The van der Waals surface area contributed by atoms with Crippen molar-refractivity contribution < 1.29 is 47.1 Å². The second-order valence-electron chi connectivity index (χ2n) is 16.3. The number of fused-ring (bicyclic) bond motifs is 4. The molecule has 4 fully saturated rings. The number of carbonyl (C=O) groups is 7. The third-order valence-corrected chi connectivity index (χ3v) is 11.8. The van der Waals surface area contributed by atoms with Crippen LogP contribution in [0.1, 0.15) is 57.9 Å². The van der Waals surface area contributed by atoms with Crippen LogP contribution in [0.4, 0.5) is 19.3 Å². The average Bonchev–Trinajstić information content (AvgIpc) is 3.96. The van der Waals surface area contributed by atoms with E-state index in [1.54, 1.807) is 18.2 Å². The Morgan fingerprint density at radius 2 is 1.57 bits per heavy atom. The Morgan fingerprint density at radius 3 is 2.33 bits per heavy atom. The first-order valence-electron chi connectivity index (χ1n) is 20.4. The van der Waals surface area contributed by atoms with Crippen LogP contribution in [0.3, 0.4) is 0 Å². The maximum absolute atomic E-state index is 14.6. The summed E-state index contributed by atoms with van der Waals surface area (Å²) in [6.07, 6.45) is 4.03. The van der Waals surface area contributed by atoms with Crippen molar-refractivity contribution in [3.8, 4) is 0 Å². The lowest BCUT2D eigenvalue weighted by atomic mass is 9.99. The highest BCUT2D eigenvalue weighted by atomic mass is 19.1. The molecule has 0 saturated carbocycles. The molecule has 3 aromatic rings. The summed E-state index contributed by atoms with van der Waals surface area (Å²) < 4.78 is 36.3. The van der Waals surface area contributed by atoms with Gasteiger partial charge in [-0.2, -0.15) is 0 Å². The normalized spacial score (nSPS) is 25.9. The summed E-state index contributed by atoms with van der Waals surface area (Å²) in [5, 5.41) is 11.5. The maximum Gasteiger partial charge on any atom is 0.328 e. The van der Waals surface area contributed by atoms with Crippen LogP contribution in [0.2, 0.25) is 0 Å². The van der Waals surface area contributed by atoms with Gasteiger partial charge in [-0.1, -0.05) is 13.0 Å². The van der Waals surface area contributed by atoms with E-state index in [-0.39, 0.29) is 44.0 Å². The molecule has 0 spiro atoms. The number of nitrogens with zero attached hydrogens (tertiary/aromatic N) is 4. The molecule has 320 valence electrons. The van der Waals surface area contributed by atoms with E-state index >= 15 is 0 Å². The second kappa shape index (κ2) is 17.6. The van der Waals surface area contributed by atoms with Crippen molar-refractivity contribution in [1.82, 2.24) is 35.2 Å². The fraction of sp³-hybridized carbons (Fsp3) is 0.500. The zero-order chi connectivity index (χ0) is 42.8. The number of urea groups is 1. The first kappa shape index (κ1) is 42.1. The highest BCUT2D eigenvalue weighted by Gasteiger charge is 2.46. The Bertz CT molecular complexity index is 2180. The molecule has 4 N–H and O–H groups in total. The third kappa shape index (κ3) is 9.06. The van der Waals surface area contributed by atoms with E-state index in [0.717, 1.165) is 23.0 Å². The molecule has 0 unspecified atom stereocenters. The molecule has 4 aliphatic heterocycles. The van der Waals surface area contributed by atoms with Gasteiger partial charge in [0.05, 0.1) is 0 Å². The van der Waals surface area contributed by atoms with Crippen molar-refractivity contribution in [1.29, 1.82) is 0 Å². The van der Waals surface area contributed by atoms with Gasteiger partial charge in [-0.25, -0.2) is 18.4 Å². The summed E-state index contributed by atoms with van der Waals surface area (Å²) in [6.45, 7) is 3.28. The van der Waals surface area contributed by atoms with Gasteiger partial charge in [0.2, 0.25) is 29.5 Å². The Morgan fingerprint density at radius 1 is 0.850 bits per heavy atom. The largest absolute Gasteiger partial charge is 0.461 e. The lowest BCUT2D eigenvalue weighted by molar-refractivity contribution is -0.158. The zero-order valence-electron chi connectivity index (χ0n) is 33.7. The predicted molar refractivity (Wildman–Crippen MR) is 213 cm³/mol. The number of rotatable bonds is 6. The van der Waals surface area contributed by atoms with Gasteiger partial charge >= 0.3 is 12.0 Å². The number of amides is 7. The fourth-order valence-electron chi connectivity index (χ4n) is 8.83. The lowest BCUT2D eigenvalue weighted by Crippen LogP contribution is -2.62. The fourth-order valence-corrected chi connectivity index (χ4v) is 8.83. The monoisotopic (exact) mass is 832 g/mol. The Balaban J connectivity index is 1.19. The summed E-state index contributed by atoms with van der Waals surface area (Å²) in [6, 6.07) is 1.86. The van der Waals surface area contributed by atoms with Crippen molar-refractivity contribution in [3.05, 3.63) is 65.9 Å². The van der Waals surface area contributed by atoms with Crippen molar-refractivity contribution in [2.45, 2.75) is 95.0 Å². The number of halogens is 2. The summed E-state index contributed by atoms with van der Waals surface area (Å²) in [4.78, 5) is 102. The first-order chi connectivity index (χ1) is 28.7. The Kier molecular flexibility index (Phi) is 12.4. The number of hydrogen-bond donors (Lipinski definition) is 4. The molecular formula is C42H50F2N8O8. The molecule has 4 saturated heterocycles. The summed E-state index contributed by atoms with van der Waals surface area (Å²) in [5.74, 6) is -5.95. The number of benzene rings is 2. The zero-order valence-corrected chi connectivity index (χ0v) is 33.7. The number of nitrogens with one attached hydrogen (secondary N) is 4. The van der Waals surface area contributed by atoms with Gasteiger partial charge in [0.15, 0.2) is 0 Å². The van der Waals surface area contributed by atoms with Crippen LogP contribution in [-0.4, -0.2) is 123 Å². The maximum atomic E-state index is 14.6. The molecule has 0 bridgehead atoms. The number of hydrogen-bond acceptors (Lipinski definition) is 8. The van der Waals surface area contributed by atoms with Gasteiger partial charge < -0.3 is 45.3 Å². The van der Waals surface area contributed by atoms with Crippen molar-refractivity contribution in [3.63, 3.8) is 0 Å². The van der Waals surface area contributed by atoms with E-state index in [0.29, 0.717) is 37.4 Å². The molecule has 7 rings (SSSR count). The van der Waals surface area contributed by atoms with E-state index in [2.05, 4.69) is 21.3 Å². The highest BCUT2D eigenvalue weighted by Crippen LogP contribution is 2.28. The summed E-state index contributed by atoms with van der Waals surface area (Å²) >= 11 is 0. The first-order valence-corrected chi connectivity index (χ1v) is 20.4. The molecule has 18 heteroatoms. The average molecular weight is 833 g/mol. The number of aromatic nitrogens is 1. The van der Waals surface area contributed by atoms with Crippen molar-refractivity contribution in [2.75, 3.05) is 31.6 Å². The van der Waals surface area contributed by atoms with Gasteiger partial charge in [-0.05, 0) is 92.6 Å². The van der Waals surface area contributed by atoms with Gasteiger partial charge in [0, 0.05) is 56.6 Å². The Labute approximate surface area is 345 Å². The van der Waals surface area contributed by atoms with E-state index in [1.165, 1.54) is 21.6 Å². The highest BCUT2D eigenvalue weighted by molar-refractivity contribution is 5.99. The number of aryl methyl sites for hydroxylation is 1. The molecule has 5 heterocycles. The van der Waals surface area contributed by atoms with E-state index in [4.69, 9.17) is 4.74 Å². The van der Waals surface area contributed by atoms with Gasteiger partial charge in [0.1, 0.15) is 54.5 Å². The van der Waals surface area contributed by atoms with Crippen LogP contribution >= 0.6 is 0 Å². The molecule has 7 amide bonds. The van der Waals surface area contributed by atoms with Crippen LogP contribution in [0.15, 0.2) is 48.7 Å². The molecule has 7 atom stereocenters. The van der Waals surface area contributed by atoms with Crippen molar-refractivity contribution >= 4 is 58.1 Å². The summed E-state index contributed by atoms with van der Waals surface area (Å²) in [5.41, 5.74) is 1.23. The van der Waals surface area contributed by atoms with Gasteiger partial charge in [-0.15, -0.1) is 0 Å². The number of piperidine rings is 1. The Hall–Kier alpha value is -6.07. The van der Waals surface area contributed by atoms with Crippen LogP contribution in [-0.2, 0) is 47.0 Å². The van der Waals surface area contributed by atoms with E-state index < -0.39 is 102 Å². The standard InChI is InChI=1S/C42H50F2N8O8/c1-23-15-35-41(58)60-22-31(39(56)51-13-6-8-33(51)40(57)50-12-5-4-7-32(50)37(54)45-24(2)38(55)52(35)21-23)47-36(53)30(18-25-16-27(43)19-28(44)17-25)48-42(59)46-29-10-9-26-11-14-49(3)34(26)20-29/h9-11,14,16-17,19-20,23-24,30-33,35H,4-8,12-13,15,18,21-22H2,1-3H3,(H,45,54)(H,47,53)(H2,46,48,59)/t23-,24+,30+,31+,32+,33+,35+/m1/s1. The minimum Gasteiger partial charge on any atom is -0.461 e. The van der Waals surface area contributed by atoms with E-state index in [9.17, 15) is 42.3 Å². The number of ether oxygens (including phenoxy) is 1. The van der Waals surface area contributed by atoms with Crippen molar-refractivity contribution in [2.24, 2.45) is 13.0 Å². The molecule has 1 aromatic heterocycles. The minimum absolute atomic E-state index is 0.0218. The molecule has 16 nitrogen and oxygen atoms in total. The molecule has 0 aliphatic carbocycles. The summed E-state index contributed by atoms with van der Waals surface area (Å²) in [7, 11) is 1.84. The molecule has 2 aromatic carbocycles. The number of esters is 1. The second-order valence-corrected chi connectivity index (χ2v) is 16.3. The molecule has 4 aliphatic rings. The SMILES string of the molecule is C[C@@H]1C[C@H]2C(=O)OC[C@H](NC(=O)[C@H](Cc3cc(F)cc(F)c3)NC(=O)Nc3ccc4ccn(C)c4c3)C(=O)N3CCC[C@H]3C(=O)N3CCCC[C@H]3C(=O)N[C@@H](C)C(=O)N2C1. The third-order valence-electron chi connectivity index (χ3n) is 11.8. The quantitative estimate of drug-likeness (QED) is 0.272. The minimum atomic E-state index is -1.60. The van der Waals surface area contributed by atoms with Crippen LogP contribution in [0.25, 0.3) is 10.9 Å². The van der Waals surface area contributed by atoms with Gasteiger partial charge in [-0.3, -0.25) is 24.0 Å². The van der Waals surface area contributed by atoms with Gasteiger partial charge in [0.25, 0.3) is 0 Å². The molecule has 60 heavy (non-hydrogen) atoms. The molecular weight excluding hydrogens is 783 g/mol.